The lowest BCUT2D eigenvalue weighted by Gasteiger charge is -2.40. The fourth-order valence-corrected chi connectivity index (χ4v) is 3.17. The molecule has 2 aliphatic heterocycles. The maximum absolute atomic E-state index is 10.5. The number of nitrogens with zero attached hydrogens (tertiary/aromatic N) is 1. The molecule has 3 nitrogen and oxygen atoms in total. The van der Waals surface area contributed by atoms with Gasteiger partial charge < -0.3 is 9.84 Å². The molecule has 18 heavy (non-hydrogen) atoms. The lowest BCUT2D eigenvalue weighted by atomic mass is 9.96. The maximum Gasteiger partial charge on any atom is 0.143 e. The lowest BCUT2D eigenvalue weighted by Crippen LogP contribution is -2.48. The second-order valence-electron chi connectivity index (χ2n) is 5.08. The number of benzene rings is 1. The Hall–Kier alpha value is -0.770. The van der Waals surface area contributed by atoms with Crippen LogP contribution in [0.5, 0.6) is 5.75 Å². The summed E-state index contributed by atoms with van der Waals surface area (Å²) in [5.74, 6) is 0.653. The first kappa shape index (κ1) is 12.3. The second-order valence-corrected chi connectivity index (χ2v) is 5.49. The summed E-state index contributed by atoms with van der Waals surface area (Å²) < 4.78 is 5.76. The zero-order chi connectivity index (χ0) is 12.5. The van der Waals surface area contributed by atoms with E-state index in [9.17, 15) is 5.11 Å². The summed E-state index contributed by atoms with van der Waals surface area (Å²) >= 11 is 6.09. The van der Waals surface area contributed by atoms with Gasteiger partial charge in [-0.2, -0.15) is 0 Å². The summed E-state index contributed by atoms with van der Waals surface area (Å²) in [4.78, 5) is 2.35. The summed E-state index contributed by atoms with van der Waals surface area (Å²) in [5, 5.41) is 11.1. The van der Waals surface area contributed by atoms with E-state index in [1.165, 1.54) is 19.3 Å². The molecule has 0 radical (unpaired) electrons. The van der Waals surface area contributed by atoms with E-state index in [4.69, 9.17) is 16.3 Å². The van der Waals surface area contributed by atoms with Crippen LogP contribution in [0.2, 0.25) is 5.02 Å². The smallest absolute Gasteiger partial charge is 0.143 e. The first-order valence-electron chi connectivity index (χ1n) is 6.60. The Morgan fingerprint density at radius 2 is 2.00 bits per heavy atom. The second kappa shape index (κ2) is 5.08. The molecule has 3 rings (SSSR count). The van der Waals surface area contributed by atoms with Gasteiger partial charge >= 0.3 is 0 Å². The molecule has 0 spiro atoms. The maximum atomic E-state index is 10.5. The number of piperidine rings is 1. The van der Waals surface area contributed by atoms with Crippen molar-refractivity contribution in [2.24, 2.45) is 0 Å². The molecule has 4 heteroatoms. The summed E-state index contributed by atoms with van der Waals surface area (Å²) in [6.07, 6.45) is 3.23. The van der Waals surface area contributed by atoms with E-state index in [-0.39, 0.29) is 6.04 Å². The highest BCUT2D eigenvalue weighted by atomic mass is 35.5. The number of ether oxygens (including phenoxy) is 1. The molecule has 2 heterocycles. The predicted octanol–water partition coefficient (Wildman–Crippen LogP) is 2.62. The van der Waals surface area contributed by atoms with Crippen LogP contribution >= 0.6 is 11.6 Å². The van der Waals surface area contributed by atoms with Crippen molar-refractivity contribution in [3.8, 4) is 5.75 Å². The molecule has 1 aromatic rings. The van der Waals surface area contributed by atoms with Crippen LogP contribution in [0.1, 0.15) is 30.9 Å². The van der Waals surface area contributed by atoms with Crippen LogP contribution in [0.4, 0.5) is 0 Å². The molecular weight excluding hydrogens is 250 g/mol. The topological polar surface area (TPSA) is 32.7 Å². The van der Waals surface area contributed by atoms with Crippen molar-refractivity contribution in [3.05, 3.63) is 28.8 Å². The van der Waals surface area contributed by atoms with Crippen molar-refractivity contribution in [2.45, 2.75) is 31.4 Å². The third-order valence-electron chi connectivity index (χ3n) is 3.94. The van der Waals surface area contributed by atoms with Gasteiger partial charge in [0.2, 0.25) is 0 Å². The van der Waals surface area contributed by atoms with Crippen LogP contribution in [0.3, 0.4) is 0 Å². The molecular formula is C14H18ClNO2. The van der Waals surface area contributed by atoms with Gasteiger partial charge in [0, 0.05) is 5.56 Å². The first-order valence-corrected chi connectivity index (χ1v) is 6.98. The average molecular weight is 268 g/mol. The Balaban J connectivity index is 1.84. The van der Waals surface area contributed by atoms with Gasteiger partial charge in [0.1, 0.15) is 18.5 Å². The fourth-order valence-electron chi connectivity index (χ4n) is 2.93. The summed E-state index contributed by atoms with van der Waals surface area (Å²) in [6.45, 7) is 2.64. The van der Waals surface area contributed by atoms with Crippen LogP contribution < -0.4 is 4.74 Å². The van der Waals surface area contributed by atoms with Gasteiger partial charge in [-0.05, 0) is 32.0 Å². The highest BCUT2D eigenvalue weighted by Crippen LogP contribution is 2.39. The van der Waals surface area contributed by atoms with Gasteiger partial charge in [0.05, 0.1) is 11.1 Å². The minimum absolute atomic E-state index is 0.0660. The van der Waals surface area contributed by atoms with E-state index >= 15 is 0 Å². The van der Waals surface area contributed by atoms with Crippen molar-refractivity contribution in [1.82, 2.24) is 4.90 Å². The molecule has 98 valence electrons. The van der Waals surface area contributed by atoms with Gasteiger partial charge in [0.15, 0.2) is 0 Å². The van der Waals surface area contributed by atoms with E-state index in [1.54, 1.807) is 6.07 Å². The number of para-hydroxylation sites is 1. The normalized spacial score (nSPS) is 28.6. The molecule has 2 unspecified atom stereocenters. The van der Waals surface area contributed by atoms with E-state index in [0.717, 1.165) is 18.7 Å². The van der Waals surface area contributed by atoms with Crippen molar-refractivity contribution in [2.75, 3.05) is 19.7 Å². The standard InChI is InChI=1S/C14H18ClNO2/c15-11-6-4-5-10-13(17)12(9-18-14(10)11)16-7-2-1-3-8-16/h4-6,12-13,17H,1-3,7-9H2. The molecule has 0 saturated carbocycles. The van der Waals surface area contributed by atoms with Gasteiger partial charge in [0.25, 0.3) is 0 Å². The largest absolute Gasteiger partial charge is 0.490 e. The third kappa shape index (κ3) is 2.11. The van der Waals surface area contributed by atoms with Crippen molar-refractivity contribution >= 4 is 11.6 Å². The number of aliphatic hydroxyl groups is 1. The quantitative estimate of drug-likeness (QED) is 0.849. The Morgan fingerprint density at radius 1 is 1.22 bits per heavy atom. The zero-order valence-electron chi connectivity index (χ0n) is 10.3. The number of rotatable bonds is 1. The van der Waals surface area contributed by atoms with E-state index in [1.807, 2.05) is 12.1 Å². The fraction of sp³-hybridized carbons (Fsp3) is 0.571. The average Bonchev–Trinajstić information content (AvgIpc) is 2.41. The number of halogens is 1. The third-order valence-corrected chi connectivity index (χ3v) is 4.24. The summed E-state index contributed by atoms with van der Waals surface area (Å²) in [6, 6.07) is 5.64. The number of hydrogen-bond donors (Lipinski definition) is 1. The number of fused-ring (bicyclic) bond motifs is 1. The van der Waals surface area contributed by atoms with Crippen LogP contribution in [0.15, 0.2) is 18.2 Å². The van der Waals surface area contributed by atoms with E-state index < -0.39 is 6.10 Å². The van der Waals surface area contributed by atoms with Gasteiger partial charge in [-0.1, -0.05) is 30.2 Å². The molecule has 1 aromatic carbocycles. The van der Waals surface area contributed by atoms with Crippen LogP contribution in [-0.4, -0.2) is 35.7 Å². The van der Waals surface area contributed by atoms with E-state index in [0.29, 0.717) is 17.4 Å². The Morgan fingerprint density at radius 3 is 2.78 bits per heavy atom. The van der Waals surface area contributed by atoms with Crippen LogP contribution in [0, 0.1) is 0 Å². The highest BCUT2D eigenvalue weighted by molar-refractivity contribution is 6.32. The van der Waals surface area contributed by atoms with Crippen LogP contribution in [-0.2, 0) is 0 Å². The molecule has 0 bridgehead atoms. The molecule has 2 aliphatic rings. The minimum atomic E-state index is -0.495. The molecule has 1 fully saturated rings. The van der Waals surface area contributed by atoms with Crippen molar-refractivity contribution < 1.29 is 9.84 Å². The molecule has 2 atom stereocenters. The molecule has 0 amide bonds. The SMILES string of the molecule is OC1c2cccc(Cl)c2OCC1N1CCCCC1. The monoisotopic (exact) mass is 267 g/mol. The highest BCUT2D eigenvalue weighted by Gasteiger charge is 2.34. The van der Waals surface area contributed by atoms with Gasteiger partial charge in [-0.15, -0.1) is 0 Å². The van der Waals surface area contributed by atoms with Gasteiger partial charge in [-0.3, -0.25) is 4.90 Å². The molecule has 0 aliphatic carbocycles. The van der Waals surface area contributed by atoms with Gasteiger partial charge in [-0.25, -0.2) is 0 Å². The van der Waals surface area contributed by atoms with Crippen LogP contribution in [0.25, 0.3) is 0 Å². The van der Waals surface area contributed by atoms with Crippen molar-refractivity contribution in [1.29, 1.82) is 0 Å². The Bertz CT molecular complexity index is 432. The molecule has 1 N–H and O–H groups in total. The Kier molecular flexibility index (Phi) is 3.46. The number of aliphatic hydroxyl groups excluding tert-OH is 1. The van der Waals surface area contributed by atoms with Crippen molar-refractivity contribution in [3.63, 3.8) is 0 Å². The number of hydrogen-bond acceptors (Lipinski definition) is 3. The summed E-state index contributed by atoms with van der Waals surface area (Å²) in [7, 11) is 0. The molecule has 0 aromatic heterocycles. The summed E-state index contributed by atoms with van der Waals surface area (Å²) in [5.41, 5.74) is 0.823. The minimum Gasteiger partial charge on any atom is -0.490 e. The molecule has 1 saturated heterocycles. The number of likely N-dealkylation sites (tertiary alicyclic amines) is 1. The van der Waals surface area contributed by atoms with E-state index in [2.05, 4.69) is 4.90 Å². The zero-order valence-corrected chi connectivity index (χ0v) is 11.1. The first-order chi connectivity index (χ1) is 8.77. The Labute approximate surface area is 112 Å². The lowest BCUT2D eigenvalue weighted by molar-refractivity contribution is -0.00429. The predicted molar refractivity (Wildman–Crippen MR) is 71.1 cm³/mol.